The highest BCUT2D eigenvalue weighted by Gasteiger charge is 2.29. The lowest BCUT2D eigenvalue weighted by molar-refractivity contribution is 0.479. The highest BCUT2D eigenvalue weighted by Crippen LogP contribution is 2.47. The van der Waals surface area contributed by atoms with Gasteiger partial charge in [0.1, 0.15) is 4.71 Å². The predicted molar refractivity (Wildman–Crippen MR) is 98.0 cm³/mol. The Morgan fingerprint density at radius 2 is 1.67 bits per heavy atom. The van der Waals surface area contributed by atoms with Gasteiger partial charge in [-0.05, 0) is 30.7 Å². The molecular weight excluding hydrogens is 394 g/mol. The quantitative estimate of drug-likeness (QED) is 0.464. The number of anilines is 1. The minimum atomic E-state index is -3.98. The standard InChI is InChI=1S/C13H19NO6S4/c15-23(16,17)9-3-7-14-11-5-1-2-6-12(11)22-13(14)21-8-4-10-24(18,19)20/h1-2,5-6,13H,3-4,7-10H2,(H,15,16,17)(H,18,19,20). The Hall–Kier alpha value is -0.460. The molecule has 1 heterocycles. The molecule has 1 aromatic rings. The largest absolute Gasteiger partial charge is 0.350 e. The van der Waals surface area contributed by atoms with Crippen LogP contribution in [-0.4, -0.2) is 54.5 Å². The van der Waals surface area contributed by atoms with Crippen LogP contribution in [0.3, 0.4) is 0 Å². The van der Waals surface area contributed by atoms with Crippen molar-refractivity contribution < 1.29 is 25.9 Å². The number of benzene rings is 1. The van der Waals surface area contributed by atoms with Gasteiger partial charge in [-0.2, -0.15) is 16.8 Å². The normalized spacial score (nSPS) is 17.9. The first-order valence-corrected chi connectivity index (χ1v) is 12.3. The van der Waals surface area contributed by atoms with Gasteiger partial charge in [0.2, 0.25) is 0 Å². The van der Waals surface area contributed by atoms with Crippen molar-refractivity contribution in [2.45, 2.75) is 22.4 Å². The van der Waals surface area contributed by atoms with E-state index in [1.54, 1.807) is 23.5 Å². The predicted octanol–water partition coefficient (Wildman–Crippen LogP) is 2.17. The van der Waals surface area contributed by atoms with E-state index in [0.717, 1.165) is 10.6 Å². The van der Waals surface area contributed by atoms with Gasteiger partial charge >= 0.3 is 0 Å². The van der Waals surface area contributed by atoms with E-state index >= 15 is 0 Å². The molecule has 24 heavy (non-hydrogen) atoms. The first-order valence-electron chi connectivity index (χ1n) is 7.20. The second-order valence-corrected chi connectivity index (χ2v) is 11.0. The van der Waals surface area contributed by atoms with Crippen molar-refractivity contribution in [1.29, 1.82) is 0 Å². The summed E-state index contributed by atoms with van der Waals surface area (Å²) < 4.78 is 60.9. The Morgan fingerprint density at radius 1 is 1.04 bits per heavy atom. The van der Waals surface area contributed by atoms with Gasteiger partial charge in [0.15, 0.2) is 0 Å². The zero-order valence-corrected chi connectivity index (χ0v) is 16.0. The van der Waals surface area contributed by atoms with Crippen LogP contribution in [0.25, 0.3) is 0 Å². The molecule has 1 aliphatic rings. The van der Waals surface area contributed by atoms with Gasteiger partial charge in [-0.3, -0.25) is 9.11 Å². The summed E-state index contributed by atoms with van der Waals surface area (Å²) in [6.45, 7) is 0.472. The van der Waals surface area contributed by atoms with E-state index < -0.39 is 20.2 Å². The molecule has 0 amide bonds. The molecule has 1 atom stereocenters. The van der Waals surface area contributed by atoms with Crippen LogP contribution in [0, 0.1) is 0 Å². The van der Waals surface area contributed by atoms with E-state index in [9.17, 15) is 16.8 Å². The molecule has 0 radical (unpaired) electrons. The molecule has 2 rings (SSSR count). The topological polar surface area (TPSA) is 112 Å². The lowest BCUT2D eigenvalue weighted by Crippen LogP contribution is -2.29. The van der Waals surface area contributed by atoms with Crippen LogP contribution in [0.4, 0.5) is 5.69 Å². The van der Waals surface area contributed by atoms with Crippen molar-refractivity contribution in [2.75, 3.05) is 28.7 Å². The molecular formula is C13H19NO6S4. The molecule has 0 fully saturated rings. The molecule has 0 bridgehead atoms. The van der Waals surface area contributed by atoms with E-state index in [-0.39, 0.29) is 16.2 Å². The summed E-state index contributed by atoms with van der Waals surface area (Å²) in [5.41, 5.74) is 1.00. The van der Waals surface area contributed by atoms with Crippen LogP contribution < -0.4 is 4.90 Å². The molecule has 0 aliphatic carbocycles. The maximum atomic E-state index is 10.9. The van der Waals surface area contributed by atoms with Gasteiger partial charge in [-0.25, -0.2) is 0 Å². The Labute approximate surface area is 150 Å². The van der Waals surface area contributed by atoms with Gasteiger partial charge in [0.25, 0.3) is 20.2 Å². The summed E-state index contributed by atoms with van der Waals surface area (Å²) in [6, 6.07) is 7.76. The number of nitrogens with zero attached hydrogens (tertiary/aromatic N) is 1. The number of hydrogen-bond donors (Lipinski definition) is 2. The average Bonchev–Trinajstić information content (AvgIpc) is 2.80. The van der Waals surface area contributed by atoms with Crippen LogP contribution in [0.2, 0.25) is 0 Å². The zero-order chi connectivity index (χ0) is 17.8. The Bertz CT molecular complexity index is 764. The van der Waals surface area contributed by atoms with E-state index in [4.69, 9.17) is 9.11 Å². The summed E-state index contributed by atoms with van der Waals surface area (Å²) in [5, 5.41) is 0. The molecule has 136 valence electrons. The molecule has 2 N–H and O–H groups in total. The number of thioether (sulfide) groups is 2. The minimum absolute atomic E-state index is 0.00481. The van der Waals surface area contributed by atoms with E-state index in [1.165, 1.54) is 0 Å². The second kappa shape index (κ2) is 8.28. The van der Waals surface area contributed by atoms with Gasteiger partial charge in [-0.1, -0.05) is 23.9 Å². The first kappa shape index (κ1) is 19.9. The van der Waals surface area contributed by atoms with Crippen LogP contribution >= 0.6 is 23.5 Å². The van der Waals surface area contributed by atoms with E-state index in [0.29, 0.717) is 25.1 Å². The fourth-order valence-corrected chi connectivity index (χ4v) is 6.27. The third-order valence-electron chi connectivity index (χ3n) is 3.27. The Morgan fingerprint density at radius 3 is 2.33 bits per heavy atom. The smallest absolute Gasteiger partial charge is 0.264 e. The van der Waals surface area contributed by atoms with Crippen molar-refractivity contribution in [3.05, 3.63) is 24.3 Å². The number of fused-ring (bicyclic) bond motifs is 1. The molecule has 1 unspecified atom stereocenters. The van der Waals surface area contributed by atoms with Crippen molar-refractivity contribution >= 4 is 49.4 Å². The summed E-state index contributed by atoms with van der Waals surface area (Å²) >= 11 is 3.17. The highest BCUT2D eigenvalue weighted by atomic mass is 32.2. The number of para-hydroxylation sites is 1. The van der Waals surface area contributed by atoms with E-state index in [1.807, 2.05) is 24.3 Å². The monoisotopic (exact) mass is 413 g/mol. The molecule has 1 aromatic carbocycles. The maximum absolute atomic E-state index is 10.9. The maximum Gasteiger partial charge on any atom is 0.264 e. The third-order valence-corrected chi connectivity index (χ3v) is 7.69. The van der Waals surface area contributed by atoms with Crippen LogP contribution in [-0.2, 0) is 20.2 Å². The zero-order valence-electron chi connectivity index (χ0n) is 12.7. The summed E-state index contributed by atoms with van der Waals surface area (Å²) in [6.07, 6.45) is 0.644. The molecule has 0 saturated carbocycles. The van der Waals surface area contributed by atoms with Crippen LogP contribution in [0.1, 0.15) is 12.8 Å². The molecule has 0 saturated heterocycles. The lowest BCUT2D eigenvalue weighted by Gasteiger charge is -2.26. The van der Waals surface area contributed by atoms with Gasteiger partial charge in [0.05, 0.1) is 17.2 Å². The Kier molecular flexibility index (Phi) is 6.85. The molecule has 1 aliphatic heterocycles. The fourth-order valence-electron chi connectivity index (χ4n) is 2.27. The first-order chi connectivity index (χ1) is 11.2. The van der Waals surface area contributed by atoms with Crippen LogP contribution in [0.15, 0.2) is 29.2 Å². The second-order valence-electron chi connectivity index (χ2n) is 5.24. The Balaban J connectivity index is 1.96. The van der Waals surface area contributed by atoms with Crippen molar-refractivity contribution in [2.24, 2.45) is 0 Å². The molecule has 0 aromatic heterocycles. The van der Waals surface area contributed by atoms with Gasteiger partial charge in [0, 0.05) is 11.4 Å². The molecule has 11 heteroatoms. The van der Waals surface area contributed by atoms with Crippen molar-refractivity contribution in [3.63, 3.8) is 0 Å². The summed E-state index contributed by atoms with van der Waals surface area (Å²) in [7, 11) is -7.93. The number of rotatable bonds is 9. The average molecular weight is 414 g/mol. The minimum Gasteiger partial charge on any atom is -0.350 e. The van der Waals surface area contributed by atoms with Crippen molar-refractivity contribution in [1.82, 2.24) is 0 Å². The number of hydrogen-bond acceptors (Lipinski definition) is 7. The summed E-state index contributed by atoms with van der Waals surface area (Å²) in [4.78, 5) is 3.14. The van der Waals surface area contributed by atoms with E-state index in [2.05, 4.69) is 4.90 Å². The SMILES string of the molecule is O=S(=O)(O)CCCSC1Sc2ccccc2N1CCCS(=O)(=O)O. The van der Waals surface area contributed by atoms with Crippen LogP contribution in [0.5, 0.6) is 0 Å². The third kappa shape index (κ3) is 6.45. The fraction of sp³-hybridized carbons (Fsp3) is 0.538. The van der Waals surface area contributed by atoms with Gasteiger partial charge < -0.3 is 4.90 Å². The molecule has 0 spiro atoms. The molecule has 7 nitrogen and oxygen atoms in total. The lowest BCUT2D eigenvalue weighted by atomic mass is 10.3. The highest BCUT2D eigenvalue weighted by molar-refractivity contribution is 8.17. The van der Waals surface area contributed by atoms with Crippen molar-refractivity contribution in [3.8, 4) is 0 Å². The van der Waals surface area contributed by atoms with Gasteiger partial charge in [-0.15, -0.1) is 11.8 Å². The summed E-state index contributed by atoms with van der Waals surface area (Å²) in [5.74, 6) is -0.0101.